The molecule has 2 aromatic carbocycles. The molecule has 4 rings (SSSR count). The van der Waals surface area contributed by atoms with Crippen LogP contribution in [0.3, 0.4) is 0 Å². The van der Waals surface area contributed by atoms with Crippen molar-refractivity contribution in [3.8, 4) is 11.3 Å². The van der Waals surface area contributed by atoms with E-state index in [1.165, 1.54) is 18.7 Å². The van der Waals surface area contributed by atoms with E-state index < -0.39 is 6.17 Å². The van der Waals surface area contributed by atoms with Crippen LogP contribution in [0.4, 0.5) is 5.69 Å². The third kappa shape index (κ3) is 2.98. The predicted molar refractivity (Wildman–Crippen MR) is 108 cm³/mol. The second-order valence-electron chi connectivity index (χ2n) is 6.09. The maximum Gasteiger partial charge on any atom is 0.325 e. The van der Waals surface area contributed by atoms with Crippen LogP contribution in [0.15, 0.2) is 63.0 Å². The molecular weight excluding hydrogens is 428 g/mol. The van der Waals surface area contributed by atoms with Gasteiger partial charge >= 0.3 is 11.3 Å². The summed E-state index contributed by atoms with van der Waals surface area (Å²) < 4.78 is 2.54. The van der Waals surface area contributed by atoms with E-state index in [1.54, 1.807) is 9.58 Å². The maximum atomic E-state index is 12.9. The number of halogens is 1. The van der Waals surface area contributed by atoms with Gasteiger partial charge in [0.05, 0.1) is 11.3 Å². The van der Waals surface area contributed by atoms with Crippen molar-refractivity contribution >= 4 is 39.3 Å². The fraction of sp³-hybridized carbons (Fsp3) is 0.158. The summed E-state index contributed by atoms with van der Waals surface area (Å²) >= 11 is 4.84. The average molecular weight is 444 g/mol. The third-order valence-corrected chi connectivity index (χ3v) is 5.50. The quantitative estimate of drug-likeness (QED) is 0.487. The van der Waals surface area contributed by atoms with Crippen molar-refractivity contribution in [1.29, 1.82) is 0 Å². The Morgan fingerprint density at radius 1 is 1.26 bits per heavy atom. The highest BCUT2D eigenvalue weighted by atomic mass is 79.9. The van der Waals surface area contributed by atoms with Gasteiger partial charge in [0.1, 0.15) is 0 Å². The number of aromatic amines is 1. The number of H-pyrrole nitrogens is 1. The van der Waals surface area contributed by atoms with Crippen LogP contribution in [0, 0.1) is 0 Å². The van der Waals surface area contributed by atoms with E-state index in [2.05, 4.69) is 26.0 Å². The van der Waals surface area contributed by atoms with Gasteiger partial charge in [-0.1, -0.05) is 52.0 Å². The Morgan fingerprint density at radius 2 is 2.04 bits per heavy atom. The molecule has 0 fully saturated rings. The Morgan fingerprint density at radius 3 is 2.74 bits per heavy atom. The van der Waals surface area contributed by atoms with Gasteiger partial charge in [0.2, 0.25) is 11.1 Å². The lowest BCUT2D eigenvalue weighted by atomic mass is 10.0. The molecule has 6 nitrogen and oxygen atoms in total. The number of fused-ring (bicyclic) bond motifs is 3. The van der Waals surface area contributed by atoms with Crippen molar-refractivity contribution in [3.05, 3.63) is 68.9 Å². The number of nitrogens with one attached hydrogen (secondary N) is 1. The van der Waals surface area contributed by atoms with Crippen molar-refractivity contribution in [2.75, 3.05) is 11.2 Å². The number of para-hydroxylation sites is 1. The Kier molecular flexibility index (Phi) is 4.61. The molecule has 0 saturated heterocycles. The van der Waals surface area contributed by atoms with E-state index in [1.807, 2.05) is 54.8 Å². The molecule has 0 bridgehead atoms. The van der Waals surface area contributed by atoms with E-state index in [0.29, 0.717) is 22.1 Å². The second-order valence-corrected chi connectivity index (χ2v) is 7.80. The largest absolute Gasteiger partial charge is 0.325 e. The average Bonchev–Trinajstić information content (AvgIpc) is 2.66. The number of thioether (sulfide) groups is 1. The molecular formula is C19H16BrN4O2S+. The van der Waals surface area contributed by atoms with Crippen LogP contribution in [0.5, 0.6) is 0 Å². The highest BCUT2D eigenvalue weighted by Gasteiger charge is 2.44. The third-order valence-electron chi connectivity index (χ3n) is 4.44. The molecule has 1 atom stereocenters. The van der Waals surface area contributed by atoms with E-state index in [4.69, 9.17) is 0 Å². The Balaban J connectivity index is 2.10. The lowest BCUT2D eigenvalue weighted by Crippen LogP contribution is -2.60. The van der Waals surface area contributed by atoms with Gasteiger partial charge in [0.15, 0.2) is 0 Å². The number of hydrogen-bond donors (Lipinski definition) is 1. The SMILES string of the molecule is CSc1n[n+]2c(c(=O)[nH]1)-c1ccccc1N(C(C)=O)[C@H]2c1cccc(Br)c1. The number of carbonyl (C=O) groups is 1. The number of rotatable bonds is 2. The smallest absolute Gasteiger partial charge is 0.291 e. The van der Waals surface area contributed by atoms with E-state index in [9.17, 15) is 9.59 Å². The van der Waals surface area contributed by atoms with Crippen molar-refractivity contribution in [2.45, 2.75) is 18.2 Å². The highest BCUT2D eigenvalue weighted by Crippen LogP contribution is 2.37. The zero-order valence-electron chi connectivity index (χ0n) is 14.6. The summed E-state index contributed by atoms with van der Waals surface area (Å²) in [4.78, 5) is 30.0. The first-order valence-corrected chi connectivity index (χ1v) is 10.3. The number of aromatic nitrogens is 3. The molecule has 1 aliphatic heterocycles. The van der Waals surface area contributed by atoms with Crippen molar-refractivity contribution in [2.24, 2.45) is 0 Å². The number of benzene rings is 2. The van der Waals surface area contributed by atoms with Crippen LogP contribution in [0.1, 0.15) is 18.7 Å². The molecule has 0 radical (unpaired) electrons. The second kappa shape index (κ2) is 6.94. The van der Waals surface area contributed by atoms with Crippen LogP contribution in [-0.4, -0.2) is 22.2 Å². The number of anilines is 1. The minimum atomic E-state index is -0.557. The molecule has 27 heavy (non-hydrogen) atoms. The first-order chi connectivity index (χ1) is 13.0. The first kappa shape index (κ1) is 17.9. The van der Waals surface area contributed by atoms with Gasteiger partial charge in [0, 0.05) is 22.1 Å². The molecule has 1 amide bonds. The minimum Gasteiger partial charge on any atom is -0.291 e. The number of nitrogens with zero attached hydrogens (tertiary/aromatic N) is 3. The number of carbonyl (C=O) groups excluding carboxylic acids is 1. The standard InChI is InChI=1S/C19H15BrN4O2S/c1-11(25)23-15-9-4-3-8-14(15)16-17(26)21-19(27-2)22-24(16)18(23)12-6-5-7-13(20)10-12/h3-10,18H,1-2H3/p+1/t18-/m1/s1. The molecule has 1 aliphatic rings. The monoisotopic (exact) mass is 443 g/mol. The molecule has 1 aromatic heterocycles. The van der Waals surface area contributed by atoms with E-state index in [0.717, 1.165) is 10.0 Å². The summed E-state index contributed by atoms with van der Waals surface area (Å²) in [6, 6.07) is 15.1. The summed E-state index contributed by atoms with van der Waals surface area (Å²) in [5.74, 6) is -0.127. The van der Waals surface area contributed by atoms with Crippen LogP contribution in [0.25, 0.3) is 11.3 Å². The minimum absolute atomic E-state index is 0.127. The summed E-state index contributed by atoms with van der Waals surface area (Å²) in [6.45, 7) is 1.52. The lowest BCUT2D eigenvalue weighted by molar-refractivity contribution is -0.763. The van der Waals surface area contributed by atoms with Crippen LogP contribution in [-0.2, 0) is 4.79 Å². The maximum absolute atomic E-state index is 12.9. The summed E-state index contributed by atoms with van der Waals surface area (Å²) in [5, 5.41) is 5.12. The Labute approximate surface area is 168 Å². The fourth-order valence-electron chi connectivity index (χ4n) is 3.37. The summed E-state index contributed by atoms with van der Waals surface area (Å²) in [6.07, 6.45) is 1.29. The molecule has 0 spiro atoms. The van der Waals surface area contributed by atoms with Gasteiger partial charge < -0.3 is 0 Å². The fourth-order valence-corrected chi connectivity index (χ4v) is 4.15. The Bertz CT molecular complexity index is 1110. The molecule has 0 aliphatic carbocycles. The molecule has 1 N–H and O–H groups in total. The predicted octanol–water partition coefficient (Wildman–Crippen LogP) is 3.12. The molecule has 136 valence electrons. The number of hydrogen-bond acceptors (Lipinski definition) is 4. The van der Waals surface area contributed by atoms with Crippen LogP contribution >= 0.6 is 27.7 Å². The van der Waals surface area contributed by atoms with Crippen molar-refractivity contribution in [3.63, 3.8) is 0 Å². The number of amides is 1. The molecule has 0 saturated carbocycles. The molecule has 0 unspecified atom stereocenters. The molecule has 2 heterocycles. The van der Waals surface area contributed by atoms with E-state index in [-0.39, 0.29) is 11.5 Å². The lowest BCUT2D eigenvalue weighted by Gasteiger charge is -2.31. The van der Waals surface area contributed by atoms with Crippen LogP contribution in [0.2, 0.25) is 0 Å². The van der Waals surface area contributed by atoms with E-state index >= 15 is 0 Å². The summed E-state index contributed by atoms with van der Waals surface area (Å²) in [5.41, 5.74) is 2.43. The van der Waals surface area contributed by atoms with Gasteiger partial charge in [0.25, 0.3) is 6.17 Å². The topological polar surface area (TPSA) is 69.9 Å². The van der Waals surface area contributed by atoms with Gasteiger partial charge in [-0.2, -0.15) is 0 Å². The van der Waals surface area contributed by atoms with Crippen molar-refractivity contribution < 1.29 is 9.48 Å². The normalized spacial score (nSPS) is 15.2. The zero-order valence-corrected chi connectivity index (χ0v) is 17.0. The van der Waals surface area contributed by atoms with Gasteiger partial charge in [-0.3, -0.25) is 14.6 Å². The van der Waals surface area contributed by atoms with Crippen molar-refractivity contribution in [1.82, 2.24) is 10.1 Å². The molecule has 3 aromatic rings. The van der Waals surface area contributed by atoms with Crippen LogP contribution < -0.4 is 15.1 Å². The highest BCUT2D eigenvalue weighted by molar-refractivity contribution is 9.10. The van der Waals surface area contributed by atoms with Gasteiger partial charge in [-0.25, -0.2) is 4.90 Å². The Hall–Kier alpha value is -2.45. The first-order valence-electron chi connectivity index (χ1n) is 8.26. The van der Waals surface area contributed by atoms with Gasteiger partial charge in [-0.05, 0) is 35.2 Å². The van der Waals surface area contributed by atoms with Gasteiger partial charge in [-0.15, -0.1) is 0 Å². The molecule has 8 heteroatoms. The zero-order chi connectivity index (χ0) is 19.1. The summed E-state index contributed by atoms with van der Waals surface area (Å²) in [7, 11) is 0.